The summed E-state index contributed by atoms with van der Waals surface area (Å²) in [6.45, 7) is -0.360. The van der Waals surface area contributed by atoms with E-state index in [1.165, 1.54) is 11.3 Å². The van der Waals surface area contributed by atoms with Crippen LogP contribution in [-0.2, 0) is 0 Å². The summed E-state index contributed by atoms with van der Waals surface area (Å²) in [6, 6.07) is 0. The Morgan fingerprint density at radius 1 is 1.55 bits per heavy atom. The monoisotopic (exact) mass is 176 g/mol. The third-order valence-electron chi connectivity index (χ3n) is 1.53. The molecular weight excluding hydrogens is 170 g/mol. The molecule has 1 aromatic rings. The second-order valence-corrected chi connectivity index (χ2v) is 3.40. The maximum absolute atomic E-state index is 12.3. The number of anilines is 1. The van der Waals surface area contributed by atoms with Gasteiger partial charge in [-0.2, -0.15) is 0 Å². The normalized spacial score (nSPS) is 21.5. The van der Waals surface area contributed by atoms with Gasteiger partial charge in [-0.25, -0.2) is 13.8 Å². The smallest absolute Gasteiger partial charge is 0.282 e. The second-order valence-electron chi connectivity index (χ2n) is 2.53. The molecular formula is C6H6F2N2S. The molecule has 0 atom stereocenters. The fraction of sp³-hybridized carbons (Fsp3) is 0.500. The maximum Gasteiger partial charge on any atom is 0.282 e. The van der Waals surface area contributed by atoms with E-state index in [2.05, 4.69) is 4.98 Å². The van der Waals surface area contributed by atoms with Gasteiger partial charge < -0.3 is 4.90 Å². The van der Waals surface area contributed by atoms with E-state index in [1.807, 2.05) is 0 Å². The highest BCUT2D eigenvalue weighted by molar-refractivity contribution is 7.13. The molecule has 0 unspecified atom stereocenters. The molecule has 0 spiro atoms. The topological polar surface area (TPSA) is 16.1 Å². The lowest BCUT2D eigenvalue weighted by atomic mass is 10.2. The van der Waals surface area contributed by atoms with E-state index in [-0.39, 0.29) is 13.1 Å². The summed E-state index contributed by atoms with van der Waals surface area (Å²) in [5, 5.41) is 2.47. The standard InChI is InChI=1S/C6H6F2N2S/c7-6(8)3-10(4-6)5-9-1-2-11-5/h1-2H,3-4H2. The predicted octanol–water partition coefficient (Wildman–Crippen LogP) is 1.60. The first-order valence-electron chi connectivity index (χ1n) is 3.20. The summed E-state index contributed by atoms with van der Waals surface area (Å²) in [5.74, 6) is -2.49. The van der Waals surface area contributed by atoms with E-state index in [9.17, 15) is 8.78 Å². The highest BCUT2D eigenvalue weighted by Crippen LogP contribution is 2.32. The lowest BCUT2D eigenvalue weighted by Gasteiger charge is -2.38. The Morgan fingerprint density at radius 2 is 2.27 bits per heavy atom. The number of hydrogen-bond donors (Lipinski definition) is 0. The predicted molar refractivity (Wildman–Crippen MR) is 39.3 cm³/mol. The zero-order valence-corrected chi connectivity index (χ0v) is 6.44. The molecule has 2 heterocycles. The lowest BCUT2D eigenvalue weighted by molar-refractivity contribution is -0.0262. The van der Waals surface area contributed by atoms with Gasteiger partial charge in [-0.15, -0.1) is 11.3 Å². The average molecular weight is 176 g/mol. The van der Waals surface area contributed by atoms with Gasteiger partial charge in [-0.1, -0.05) is 0 Å². The number of nitrogens with zero attached hydrogens (tertiary/aromatic N) is 2. The highest BCUT2D eigenvalue weighted by atomic mass is 32.1. The number of hydrogen-bond acceptors (Lipinski definition) is 3. The number of alkyl halides is 2. The van der Waals surface area contributed by atoms with Crippen LogP contribution in [0.1, 0.15) is 0 Å². The minimum atomic E-state index is -2.49. The molecule has 1 aliphatic rings. The van der Waals surface area contributed by atoms with Crippen LogP contribution < -0.4 is 4.90 Å². The molecule has 60 valence electrons. The van der Waals surface area contributed by atoms with Crippen molar-refractivity contribution in [2.24, 2.45) is 0 Å². The van der Waals surface area contributed by atoms with Gasteiger partial charge >= 0.3 is 0 Å². The fourth-order valence-electron chi connectivity index (χ4n) is 1.02. The molecule has 0 aromatic carbocycles. The quantitative estimate of drug-likeness (QED) is 0.646. The molecule has 0 amide bonds. The summed E-state index contributed by atoms with van der Waals surface area (Å²) in [5.41, 5.74) is 0. The van der Waals surface area contributed by atoms with Crippen molar-refractivity contribution < 1.29 is 8.78 Å². The van der Waals surface area contributed by atoms with Crippen LogP contribution >= 0.6 is 11.3 Å². The molecule has 1 aliphatic heterocycles. The highest BCUT2D eigenvalue weighted by Gasteiger charge is 2.44. The van der Waals surface area contributed by atoms with E-state index in [0.29, 0.717) is 5.13 Å². The summed E-state index contributed by atoms with van der Waals surface area (Å²) in [6.07, 6.45) is 1.62. The molecule has 0 saturated carbocycles. The van der Waals surface area contributed by atoms with Gasteiger partial charge in [-0.3, -0.25) is 0 Å². The molecule has 2 rings (SSSR count). The first-order valence-corrected chi connectivity index (χ1v) is 4.08. The van der Waals surface area contributed by atoms with E-state index in [0.717, 1.165) is 0 Å². The van der Waals surface area contributed by atoms with E-state index < -0.39 is 5.92 Å². The van der Waals surface area contributed by atoms with Crippen LogP contribution in [0.25, 0.3) is 0 Å². The molecule has 11 heavy (non-hydrogen) atoms. The first-order chi connectivity index (χ1) is 5.17. The zero-order valence-electron chi connectivity index (χ0n) is 5.63. The summed E-state index contributed by atoms with van der Waals surface area (Å²) in [4.78, 5) is 5.49. The molecule has 1 fully saturated rings. The number of halogens is 2. The van der Waals surface area contributed by atoms with Gasteiger partial charge in [0.1, 0.15) is 0 Å². The Balaban J connectivity index is 2.03. The van der Waals surface area contributed by atoms with Crippen LogP contribution in [0.4, 0.5) is 13.9 Å². The SMILES string of the molecule is FC1(F)CN(c2nccs2)C1. The minimum Gasteiger partial charge on any atom is -0.336 e. The number of rotatable bonds is 1. The lowest BCUT2D eigenvalue weighted by Crippen LogP contribution is -2.56. The van der Waals surface area contributed by atoms with Gasteiger partial charge in [0.25, 0.3) is 5.92 Å². The third kappa shape index (κ3) is 1.20. The Labute approximate surface area is 66.5 Å². The summed E-state index contributed by atoms with van der Waals surface area (Å²) < 4.78 is 24.6. The molecule has 2 nitrogen and oxygen atoms in total. The van der Waals surface area contributed by atoms with Gasteiger partial charge in [0.2, 0.25) is 0 Å². The molecule has 1 aromatic heterocycles. The van der Waals surface area contributed by atoms with Crippen molar-refractivity contribution >= 4 is 16.5 Å². The van der Waals surface area contributed by atoms with Gasteiger partial charge in [0, 0.05) is 11.6 Å². The first kappa shape index (κ1) is 6.97. The van der Waals surface area contributed by atoms with Gasteiger partial charge in [0.15, 0.2) is 5.13 Å². The van der Waals surface area contributed by atoms with Crippen LogP contribution in [0, 0.1) is 0 Å². The van der Waals surface area contributed by atoms with Gasteiger partial charge in [-0.05, 0) is 0 Å². The Hall–Kier alpha value is -0.710. The van der Waals surface area contributed by atoms with Crippen molar-refractivity contribution in [1.29, 1.82) is 0 Å². The largest absolute Gasteiger partial charge is 0.336 e. The van der Waals surface area contributed by atoms with Crippen molar-refractivity contribution in [2.45, 2.75) is 5.92 Å². The molecule has 0 aliphatic carbocycles. The Bertz CT molecular complexity index is 239. The van der Waals surface area contributed by atoms with E-state index >= 15 is 0 Å². The minimum absolute atomic E-state index is 0.180. The van der Waals surface area contributed by atoms with Crippen molar-refractivity contribution in [3.05, 3.63) is 11.6 Å². The number of thiazole rings is 1. The van der Waals surface area contributed by atoms with E-state index in [4.69, 9.17) is 0 Å². The van der Waals surface area contributed by atoms with Crippen LogP contribution in [-0.4, -0.2) is 24.0 Å². The third-order valence-corrected chi connectivity index (χ3v) is 2.37. The van der Waals surface area contributed by atoms with E-state index in [1.54, 1.807) is 16.5 Å². The average Bonchev–Trinajstić information content (AvgIpc) is 2.32. The van der Waals surface area contributed by atoms with Crippen LogP contribution in [0.3, 0.4) is 0 Å². The molecule has 0 N–H and O–H groups in total. The van der Waals surface area contributed by atoms with Crippen molar-refractivity contribution in [3.63, 3.8) is 0 Å². The fourth-order valence-corrected chi connectivity index (χ4v) is 1.66. The number of aromatic nitrogens is 1. The van der Waals surface area contributed by atoms with Crippen molar-refractivity contribution in [2.75, 3.05) is 18.0 Å². The molecule has 0 radical (unpaired) electrons. The van der Waals surface area contributed by atoms with Crippen LogP contribution in [0.2, 0.25) is 0 Å². The molecule has 0 bridgehead atoms. The van der Waals surface area contributed by atoms with Gasteiger partial charge in [0.05, 0.1) is 13.1 Å². The van der Waals surface area contributed by atoms with Crippen molar-refractivity contribution in [1.82, 2.24) is 4.98 Å². The summed E-state index contributed by atoms with van der Waals surface area (Å²) >= 11 is 1.39. The molecule has 5 heteroatoms. The molecule has 1 saturated heterocycles. The van der Waals surface area contributed by atoms with Crippen molar-refractivity contribution in [3.8, 4) is 0 Å². The zero-order chi connectivity index (χ0) is 7.90. The van der Waals surface area contributed by atoms with Crippen LogP contribution in [0.15, 0.2) is 11.6 Å². The van der Waals surface area contributed by atoms with Crippen LogP contribution in [0.5, 0.6) is 0 Å². The Morgan fingerprint density at radius 3 is 2.73 bits per heavy atom. The Kier molecular flexibility index (Phi) is 1.35. The summed E-state index contributed by atoms with van der Waals surface area (Å²) in [7, 11) is 0. The second kappa shape index (κ2) is 2.14. The maximum atomic E-state index is 12.3.